The zero-order valence-electron chi connectivity index (χ0n) is 16.6. The number of hydrogen-bond donors (Lipinski definition) is 0. The minimum absolute atomic E-state index is 0.0843. The number of carbonyl (C=O) groups is 1. The van der Waals surface area contributed by atoms with E-state index in [1.54, 1.807) is 24.3 Å². The van der Waals surface area contributed by atoms with Gasteiger partial charge in [0.1, 0.15) is 29.7 Å². The van der Waals surface area contributed by atoms with E-state index in [2.05, 4.69) is 4.74 Å². The summed E-state index contributed by atoms with van der Waals surface area (Å²) in [7, 11) is 1.53. The average molecular weight is 428 g/mol. The smallest absolute Gasteiger partial charge is 0.387 e. The molecule has 0 saturated heterocycles. The predicted molar refractivity (Wildman–Crippen MR) is 110 cm³/mol. The lowest BCUT2D eigenvalue weighted by Crippen LogP contribution is -2.03. The fraction of sp³-hybridized carbons (Fsp3) is 0.125. The Morgan fingerprint density at radius 1 is 1.00 bits per heavy atom. The molecule has 0 N–H and O–H groups in total. The summed E-state index contributed by atoms with van der Waals surface area (Å²) in [5.41, 5.74) is 1.67. The zero-order chi connectivity index (χ0) is 22.2. The van der Waals surface area contributed by atoms with E-state index in [4.69, 9.17) is 9.47 Å². The average Bonchev–Trinajstić information content (AvgIpc) is 2.77. The summed E-state index contributed by atoms with van der Waals surface area (Å²) in [5, 5.41) is 0. The number of benzene rings is 3. The molecular formula is C24H19F3O4. The van der Waals surface area contributed by atoms with Gasteiger partial charge >= 0.3 is 6.61 Å². The van der Waals surface area contributed by atoms with Gasteiger partial charge in [0.15, 0.2) is 5.78 Å². The monoisotopic (exact) mass is 428 g/mol. The number of hydrogen-bond acceptors (Lipinski definition) is 4. The van der Waals surface area contributed by atoms with Gasteiger partial charge in [-0.2, -0.15) is 8.78 Å². The van der Waals surface area contributed by atoms with E-state index in [1.165, 1.54) is 61.7 Å². The van der Waals surface area contributed by atoms with Gasteiger partial charge in [-0.05, 0) is 60.2 Å². The Hall–Kier alpha value is -3.74. The maximum atomic E-state index is 13.0. The molecule has 3 aromatic rings. The number of rotatable bonds is 9. The first kappa shape index (κ1) is 22.0. The molecule has 0 aliphatic heterocycles. The van der Waals surface area contributed by atoms with Crippen LogP contribution in [0.4, 0.5) is 13.2 Å². The Bertz CT molecular complexity index is 1060. The second-order valence-electron chi connectivity index (χ2n) is 6.42. The zero-order valence-corrected chi connectivity index (χ0v) is 16.6. The molecule has 0 radical (unpaired) electrons. The molecule has 3 aromatic carbocycles. The van der Waals surface area contributed by atoms with E-state index in [0.29, 0.717) is 17.1 Å². The molecule has 0 spiro atoms. The lowest BCUT2D eigenvalue weighted by molar-refractivity contribution is -0.0498. The summed E-state index contributed by atoms with van der Waals surface area (Å²) in [4.78, 5) is 12.4. The van der Waals surface area contributed by atoms with Crippen LogP contribution in [0, 0.1) is 5.82 Å². The van der Waals surface area contributed by atoms with Crippen LogP contribution in [0.5, 0.6) is 17.2 Å². The van der Waals surface area contributed by atoms with Crippen molar-refractivity contribution in [1.82, 2.24) is 0 Å². The van der Waals surface area contributed by atoms with E-state index in [-0.39, 0.29) is 29.5 Å². The molecule has 0 heterocycles. The highest BCUT2D eigenvalue weighted by Crippen LogP contribution is 2.23. The van der Waals surface area contributed by atoms with E-state index >= 15 is 0 Å². The number of allylic oxidation sites excluding steroid dienone is 1. The van der Waals surface area contributed by atoms with Crippen molar-refractivity contribution in [3.63, 3.8) is 0 Å². The molecule has 0 bridgehead atoms. The molecule has 7 heteroatoms. The SMILES string of the molecule is COc1ccc(/C=C/C(=O)c2cccc(OC(F)F)c2)cc1COc1ccc(F)cc1. The van der Waals surface area contributed by atoms with Crippen LogP contribution in [-0.4, -0.2) is 19.5 Å². The maximum Gasteiger partial charge on any atom is 0.387 e. The third-order valence-electron chi connectivity index (χ3n) is 4.28. The molecule has 4 nitrogen and oxygen atoms in total. The van der Waals surface area contributed by atoms with Gasteiger partial charge in [0.05, 0.1) is 7.11 Å². The Balaban J connectivity index is 1.72. The van der Waals surface area contributed by atoms with Crippen molar-refractivity contribution in [3.8, 4) is 17.2 Å². The van der Waals surface area contributed by atoms with Gasteiger partial charge in [0.25, 0.3) is 0 Å². The molecule has 0 unspecified atom stereocenters. The Kier molecular flexibility index (Phi) is 7.32. The van der Waals surface area contributed by atoms with Crippen LogP contribution in [0.1, 0.15) is 21.5 Å². The highest BCUT2D eigenvalue weighted by atomic mass is 19.3. The topological polar surface area (TPSA) is 44.8 Å². The Morgan fingerprint density at radius 2 is 1.77 bits per heavy atom. The van der Waals surface area contributed by atoms with Gasteiger partial charge in [-0.15, -0.1) is 0 Å². The first-order valence-corrected chi connectivity index (χ1v) is 9.27. The third kappa shape index (κ3) is 6.37. The number of carbonyl (C=O) groups excluding carboxylic acids is 1. The van der Waals surface area contributed by atoms with E-state index < -0.39 is 6.61 Å². The number of alkyl halides is 2. The van der Waals surface area contributed by atoms with Crippen molar-refractivity contribution in [2.24, 2.45) is 0 Å². The summed E-state index contributed by atoms with van der Waals surface area (Å²) < 4.78 is 53.1. The van der Waals surface area contributed by atoms with Crippen LogP contribution < -0.4 is 14.2 Å². The van der Waals surface area contributed by atoms with Gasteiger partial charge in [-0.1, -0.05) is 24.3 Å². The summed E-state index contributed by atoms with van der Waals surface area (Å²) >= 11 is 0. The standard InChI is InChI=1S/C24H19F3O4/c1-29-23-12-6-16(13-18(23)15-30-20-9-7-19(25)8-10-20)5-11-22(28)17-3-2-4-21(14-17)31-24(26)27/h2-14,24H,15H2,1H3/b11-5+. The summed E-state index contributed by atoms with van der Waals surface area (Å²) in [6.45, 7) is -2.78. The molecule has 31 heavy (non-hydrogen) atoms. The second-order valence-corrected chi connectivity index (χ2v) is 6.42. The molecule has 0 atom stereocenters. The van der Waals surface area contributed by atoms with Crippen LogP contribution in [0.2, 0.25) is 0 Å². The van der Waals surface area contributed by atoms with Gasteiger partial charge in [-0.25, -0.2) is 4.39 Å². The third-order valence-corrected chi connectivity index (χ3v) is 4.28. The van der Waals surface area contributed by atoms with Gasteiger partial charge in [0.2, 0.25) is 0 Å². The fourth-order valence-corrected chi connectivity index (χ4v) is 2.80. The summed E-state index contributed by atoms with van der Waals surface area (Å²) in [5.74, 6) is 0.305. The molecule has 160 valence electrons. The van der Waals surface area contributed by atoms with Crippen molar-refractivity contribution in [2.75, 3.05) is 7.11 Å². The van der Waals surface area contributed by atoms with E-state index in [0.717, 1.165) is 5.56 Å². The quantitative estimate of drug-likeness (QED) is 0.314. The Morgan fingerprint density at radius 3 is 2.48 bits per heavy atom. The van der Waals surface area contributed by atoms with Crippen LogP contribution >= 0.6 is 0 Å². The first-order valence-electron chi connectivity index (χ1n) is 9.27. The lowest BCUT2D eigenvalue weighted by Gasteiger charge is -2.11. The first-order chi connectivity index (χ1) is 14.9. The fourth-order valence-electron chi connectivity index (χ4n) is 2.80. The minimum Gasteiger partial charge on any atom is -0.496 e. The van der Waals surface area contributed by atoms with Crippen molar-refractivity contribution < 1.29 is 32.2 Å². The van der Waals surface area contributed by atoms with Crippen LogP contribution in [0.15, 0.2) is 72.8 Å². The highest BCUT2D eigenvalue weighted by Gasteiger charge is 2.09. The summed E-state index contributed by atoms with van der Waals surface area (Å²) in [6, 6.07) is 16.5. The van der Waals surface area contributed by atoms with Crippen molar-refractivity contribution in [3.05, 3.63) is 95.3 Å². The van der Waals surface area contributed by atoms with Gasteiger partial charge in [0, 0.05) is 11.1 Å². The summed E-state index contributed by atoms with van der Waals surface area (Å²) in [6.07, 6.45) is 2.94. The predicted octanol–water partition coefficient (Wildman–Crippen LogP) is 5.91. The number of methoxy groups -OCH3 is 1. The van der Waals surface area contributed by atoms with Gasteiger partial charge in [-0.3, -0.25) is 4.79 Å². The molecular weight excluding hydrogens is 409 g/mol. The normalized spacial score (nSPS) is 11.0. The molecule has 3 rings (SSSR count). The van der Waals surface area contributed by atoms with Crippen LogP contribution in [-0.2, 0) is 6.61 Å². The van der Waals surface area contributed by atoms with E-state index in [1.807, 2.05) is 0 Å². The number of halogens is 3. The molecule has 0 aliphatic rings. The van der Waals surface area contributed by atoms with Gasteiger partial charge < -0.3 is 14.2 Å². The molecule has 0 aromatic heterocycles. The van der Waals surface area contributed by atoms with Crippen molar-refractivity contribution in [1.29, 1.82) is 0 Å². The second kappa shape index (κ2) is 10.3. The minimum atomic E-state index is -2.96. The van der Waals surface area contributed by atoms with Crippen molar-refractivity contribution in [2.45, 2.75) is 13.2 Å². The lowest BCUT2D eigenvalue weighted by atomic mass is 10.1. The largest absolute Gasteiger partial charge is 0.496 e. The number of ketones is 1. The Labute approximate surface area is 177 Å². The molecule has 0 aliphatic carbocycles. The van der Waals surface area contributed by atoms with E-state index in [9.17, 15) is 18.0 Å². The molecule has 0 saturated carbocycles. The number of ether oxygens (including phenoxy) is 3. The maximum absolute atomic E-state index is 13.0. The highest BCUT2D eigenvalue weighted by molar-refractivity contribution is 6.07. The van der Waals surface area contributed by atoms with Crippen LogP contribution in [0.3, 0.4) is 0 Å². The van der Waals surface area contributed by atoms with Crippen LogP contribution in [0.25, 0.3) is 6.08 Å². The molecule has 0 amide bonds. The molecule has 0 fully saturated rings. The van der Waals surface area contributed by atoms with Crippen molar-refractivity contribution >= 4 is 11.9 Å².